The van der Waals surface area contributed by atoms with Crippen LogP contribution in [-0.4, -0.2) is 16.1 Å². The van der Waals surface area contributed by atoms with E-state index in [1.54, 1.807) is 0 Å². The lowest BCUT2D eigenvalue weighted by Gasteiger charge is -2.04. The van der Waals surface area contributed by atoms with Crippen molar-refractivity contribution in [3.05, 3.63) is 41.6 Å². The lowest BCUT2D eigenvalue weighted by Crippen LogP contribution is -2.02. The first-order valence-electron chi connectivity index (χ1n) is 6.70. The van der Waals surface area contributed by atoms with Gasteiger partial charge in [0.1, 0.15) is 5.69 Å². The monoisotopic (exact) mass is 256 g/mol. The second-order valence-corrected chi connectivity index (χ2v) is 5.36. The zero-order valence-corrected chi connectivity index (χ0v) is 11.8. The van der Waals surface area contributed by atoms with Gasteiger partial charge in [-0.2, -0.15) is 5.10 Å². The van der Waals surface area contributed by atoms with Crippen LogP contribution in [0.2, 0.25) is 0 Å². The molecule has 1 aromatic carbocycles. The number of aromatic nitrogens is 2. The third-order valence-corrected chi connectivity index (χ3v) is 3.18. The third kappa shape index (κ3) is 3.31. The molecule has 3 nitrogen and oxygen atoms in total. The van der Waals surface area contributed by atoms with Gasteiger partial charge < -0.3 is 0 Å². The van der Waals surface area contributed by atoms with Crippen molar-refractivity contribution in [1.82, 2.24) is 9.78 Å². The summed E-state index contributed by atoms with van der Waals surface area (Å²) in [6, 6.07) is 8.10. The first kappa shape index (κ1) is 13.5. The Bertz CT molecular complexity index is 553. The molecule has 0 saturated heterocycles. The van der Waals surface area contributed by atoms with Gasteiger partial charge in [-0.25, -0.2) is 0 Å². The standard InChI is InChI=1S/C16H20N2O/c1-12(2)8-9-18-10-15(11-19)16(17-18)14-6-4-13(3)5-7-14/h4-7,10-12H,8-9H2,1-3H3. The highest BCUT2D eigenvalue weighted by molar-refractivity contribution is 5.85. The number of hydrogen-bond acceptors (Lipinski definition) is 2. The molecule has 0 atom stereocenters. The fourth-order valence-corrected chi connectivity index (χ4v) is 1.96. The summed E-state index contributed by atoms with van der Waals surface area (Å²) in [6.45, 7) is 7.27. The Kier molecular flexibility index (Phi) is 4.15. The number of aldehydes is 1. The van der Waals surface area contributed by atoms with Crippen molar-refractivity contribution in [2.75, 3.05) is 0 Å². The largest absolute Gasteiger partial charge is 0.298 e. The molecule has 0 aliphatic carbocycles. The zero-order chi connectivity index (χ0) is 13.8. The average Bonchev–Trinajstić information content (AvgIpc) is 2.80. The van der Waals surface area contributed by atoms with E-state index < -0.39 is 0 Å². The quantitative estimate of drug-likeness (QED) is 0.764. The molecule has 1 heterocycles. The maximum Gasteiger partial charge on any atom is 0.153 e. The Hall–Kier alpha value is -1.90. The van der Waals surface area contributed by atoms with Crippen molar-refractivity contribution >= 4 is 6.29 Å². The highest BCUT2D eigenvalue weighted by Crippen LogP contribution is 2.21. The van der Waals surface area contributed by atoms with E-state index in [1.807, 2.05) is 42.1 Å². The van der Waals surface area contributed by atoms with Crippen molar-refractivity contribution in [1.29, 1.82) is 0 Å². The van der Waals surface area contributed by atoms with Gasteiger partial charge in [-0.05, 0) is 19.3 Å². The molecule has 19 heavy (non-hydrogen) atoms. The highest BCUT2D eigenvalue weighted by atomic mass is 16.1. The van der Waals surface area contributed by atoms with Crippen molar-refractivity contribution in [3.63, 3.8) is 0 Å². The molecule has 0 fully saturated rings. The summed E-state index contributed by atoms with van der Waals surface area (Å²) < 4.78 is 1.87. The summed E-state index contributed by atoms with van der Waals surface area (Å²) in [5, 5.41) is 4.54. The molecule has 0 aliphatic heterocycles. The Morgan fingerprint density at radius 2 is 1.95 bits per heavy atom. The van der Waals surface area contributed by atoms with E-state index in [0.29, 0.717) is 11.5 Å². The van der Waals surface area contributed by atoms with E-state index in [1.165, 1.54) is 5.56 Å². The number of hydrogen-bond donors (Lipinski definition) is 0. The molecule has 0 unspecified atom stereocenters. The zero-order valence-electron chi connectivity index (χ0n) is 11.8. The van der Waals surface area contributed by atoms with E-state index >= 15 is 0 Å². The van der Waals surface area contributed by atoms with Crippen molar-refractivity contribution in [2.24, 2.45) is 5.92 Å². The smallest absolute Gasteiger partial charge is 0.153 e. The topological polar surface area (TPSA) is 34.9 Å². The summed E-state index contributed by atoms with van der Waals surface area (Å²) in [7, 11) is 0. The van der Waals surface area contributed by atoms with E-state index in [0.717, 1.165) is 30.5 Å². The molecule has 0 N–H and O–H groups in total. The first-order valence-corrected chi connectivity index (χ1v) is 6.70. The van der Waals surface area contributed by atoms with Gasteiger partial charge in [-0.1, -0.05) is 43.7 Å². The van der Waals surface area contributed by atoms with Crippen molar-refractivity contribution < 1.29 is 4.79 Å². The number of aryl methyl sites for hydroxylation is 2. The molecular weight excluding hydrogens is 236 g/mol. The van der Waals surface area contributed by atoms with Gasteiger partial charge in [0.25, 0.3) is 0 Å². The molecule has 0 spiro atoms. The van der Waals surface area contributed by atoms with Crippen LogP contribution in [0.1, 0.15) is 36.2 Å². The Morgan fingerprint density at radius 3 is 2.53 bits per heavy atom. The summed E-state index contributed by atoms with van der Waals surface area (Å²) in [4.78, 5) is 11.2. The van der Waals surface area contributed by atoms with Crippen LogP contribution in [0.5, 0.6) is 0 Å². The molecule has 2 aromatic rings. The minimum Gasteiger partial charge on any atom is -0.298 e. The molecule has 0 radical (unpaired) electrons. The van der Waals surface area contributed by atoms with Crippen LogP contribution in [0, 0.1) is 12.8 Å². The summed E-state index contributed by atoms with van der Waals surface area (Å²) in [6.07, 6.45) is 3.78. The molecule has 1 aromatic heterocycles. The second kappa shape index (κ2) is 5.83. The lowest BCUT2D eigenvalue weighted by atomic mass is 10.1. The lowest BCUT2D eigenvalue weighted by molar-refractivity contribution is 0.112. The number of carbonyl (C=O) groups excluding carboxylic acids is 1. The van der Waals surface area contributed by atoms with Crippen LogP contribution in [0.3, 0.4) is 0 Å². The number of benzene rings is 1. The molecule has 3 heteroatoms. The van der Waals surface area contributed by atoms with Crippen LogP contribution in [-0.2, 0) is 6.54 Å². The van der Waals surface area contributed by atoms with E-state index in [-0.39, 0.29) is 0 Å². The maximum atomic E-state index is 11.2. The SMILES string of the molecule is Cc1ccc(-c2nn(CCC(C)C)cc2C=O)cc1. The summed E-state index contributed by atoms with van der Waals surface area (Å²) >= 11 is 0. The van der Waals surface area contributed by atoms with Gasteiger partial charge in [0, 0.05) is 18.3 Å². The molecule has 100 valence electrons. The van der Waals surface area contributed by atoms with Gasteiger partial charge in [0.05, 0.1) is 5.56 Å². The molecule has 0 aliphatic rings. The minimum atomic E-state index is 0.631. The van der Waals surface area contributed by atoms with Crippen LogP contribution in [0.25, 0.3) is 11.3 Å². The van der Waals surface area contributed by atoms with E-state index in [9.17, 15) is 4.79 Å². The average molecular weight is 256 g/mol. The first-order chi connectivity index (χ1) is 9.10. The normalized spacial score (nSPS) is 10.9. The highest BCUT2D eigenvalue weighted by Gasteiger charge is 2.10. The van der Waals surface area contributed by atoms with E-state index in [4.69, 9.17) is 0 Å². The number of rotatable bonds is 5. The Balaban J connectivity index is 2.29. The Morgan fingerprint density at radius 1 is 1.26 bits per heavy atom. The minimum absolute atomic E-state index is 0.631. The van der Waals surface area contributed by atoms with Gasteiger partial charge in [0.15, 0.2) is 6.29 Å². The number of carbonyl (C=O) groups is 1. The van der Waals surface area contributed by atoms with Gasteiger partial charge >= 0.3 is 0 Å². The third-order valence-electron chi connectivity index (χ3n) is 3.18. The molecule has 0 amide bonds. The number of nitrogens with zero attached hydrogens (tertiary/aromatic N) is 2. The van der Waals surface area contributed by atoms with Gasteiger partial charge in [-0.3, -0.25) is 9.48 Å². The predicted octanol–water partition coefficient (Wildman–Crippen LogP) is 3.72. The molecule has 0 saturated carbocycles. The fraction of sp³-hybridized carbons (Fsp3) is 0.375. The van der Waals surface area contributed by atoms with Crippen LogP contribution < -0.4 is 0 Å². The van der Waals surface area contributed by atoms with Crippen LogP contribution in [0.4, 0.5) is 0 Å². The fourth-order valence-electron chi connectivity index (χ4n) is 1.96. The van der Waals surface area contributed by atoms with Crippen LogP contribution >= 0.6 is 0 Å². The predicted molar refractivity (Wildman–Crippen MR) is 77.2 cm³/mol. The van der Waals surface area contributed by atoms with Crippen LogP contribution in [0.15, 0.2) is 30.5 Å². The Labute approximate surface area is 114 Å². The maximum absolute atomic E-state index is 11.2. The molecular formula is C16H20N2O. The van der Waals surface area contributed by atoms with Gasteiger partial charge in [0.2, 0.25) is 0 Å². The van der Waals surface area contributed by atoms with Gasteiger partial charge in [-0.15, -0.1) is 0 Å². The summed E-state index contributed by atoms with van der Waals surface area (Å²) in [5.74, 6) is 0.631. The van der Waals surface area contributed by atoms with Crippen molar-refractivity contribution in [3.8, 4) is 11.3 Å². The summed E-state index contributed by atoms with van der Waals surface area (Å²) in [5.41, 5.74) is 3.64. The second-order valence-electron chi connectivity index (χ2n) is 5.36. The van der Waals surface area contributed by atoms with E-state index in [2.05, 4.69) is 18.9 Å². The molecule has 2 rings (SSSR count). The van der Waals surface area contributed by atoms with Crippen molar-refractivity contribution in [2.45, 2.75) is 33.7 Å². The molecule has 0 bridgehead atoms.